The predicted molar refractivity (Wildman–Crippen MR) is 85.0 cm³/mol. The third kappa shape index (κ3) is 3.75. The Balaban J connectivity index is 2.20. The molecule has 114 valence electrons. The van der Waals surface area contributed by atoms with E-state index < -0.39 is 0 Å². The molecule has 0 saturated carbocycles. The van der Waals surface area contributed by atoms with Crippen molar-refractivity contribution in [1.29, 1.82) is 0 Å². The zero-order valence-corrected chi connectivity index (χ0v) is 14.1. The largest absolute Gasteiger partial charge is 0.490 e. The topological polar surface area (TPSA) is 49.2 Å². The molecule has 0 amide bonds. The first-order valence-corrected chi connectivity index (χ1v) is 8.11. The van der Waals surface area contributed by atoms with Crippen LogP contribution in [-0.2, 0) is 11.9 Å². The average molecular weight is 354 g/mol. The predicted octanol–water partition coefficient (Wildman–Crippen LogP) is 3.73. The molecule has 2 aromatic rings. The maximum atomic E-state index is 5.97. The van der Waals surface area contributed by atoms with Crippen molar-refractivity contribution in [2.75, 3.05) is 6.61 Å². The van der Waals surface area contributed by atoms with Crippen LogP contribution in [0.2, 0.25) is 0 Å². The van der Waals surface area contributed by atoms with Crippen LogP contribution in [0.15, 0.2) is 24.5 Å². The molecule has 1 aromatic carbocycles. The van der Waals surface area contributed by atoms with Crippen molar-refractivity contribution < 1.29 is 9.47 Å². The molecule has 2 rings (SSSR count). The zero-order valence-electron chi connectivity index (χ0n) is 12.5. The Morgan fingerprint density at radius 1 is 1.29 bits per heavy atom. The van der Waals surface area contributed by atoms with Crippen LogP contribution in [0.5, 0.6) is 11.5 Å². The fraction of sp³-hybridized carbons (Fsp3) is 0.467. The molecule has 6 heteroatoms. The van der Waals surface area contributed by atoms with Gasteiger partial charge in [0, 0.05) is 16.9 Å². The monoisotopic (exact) mass is 353 g/mol. The van der Waals surface area contributed by atoms with E-state index in [9.17, 15) is 0 Å². The first-order chi connectivity index (χ1) is 10.2. The molecule has 5 nitrogen and oxygen atoms in total. The number of hydrogen-bond donors (Lipinski definition) is 0. The van der Waals surface area contributed by atoms with E-state index in [1.54, 1.807) is 6.33 Å². The van der Waals surface area contributed by atoms with Gasteiger partial charge in [-0.2, -0.15) is 5.10 Å². The van der Waals surface area contributed by atoms with Crippen molar-refractivity contribution in [1.82, 2.24) is 14.8 Å². The van der Waals surface area contributed by atoms with Crippen LogP contribution in [0.3, 0.4) is 0 Å². The first-order valence-electron chi connectivity index (χ1n) is 6.99. The SMILES string of the molecule is CCOc1cccc(CBr)c1OCc1ncnn1C(C)C. The minimum Gasteiger partial charge on any atom is -0.490 e. The number of aromatic nitrogens is 3. The number of hydrogen-bond acceptors (Lipinski definition) is 4. The van der Waals surface area contributed by atoms with Crippen molar-refractivity contribution in [3.05, 3.63) is 35.9 Å². The van der Waals surface area contributed by atoms with Crippen LogP contribution in [-0.4, -0.2) is 21.4 Å². The van der Waals surface area contributed by atoms with Gasteiger partial charge in [0.1, 0.15) is 12.9 Å². The van der Waals surface area contributed by atoms with E-state index in [0.29, 0.717) is 18.5 Å². The molecule has 0 aliphatic heterocycles. The fourth-order valence-electron chi connectivity index (χ4n) is 2.04. The van der Waals surface area contributed by atoms with Crippen molar-refractivity contribution in [3.63, 3.8) is 0 Å². The lowest BCUT2D eigenvalue weighted by Crippen LogP contribution is -2.11. The van der Waals surface area contributed by atoms with Crippen LogP contribution in [0, 0.1) is 0 Å². The van der Waals surface area contributed by atoms with Crippen molar-refractivity contribution in [3.8, 4) is 11.5 Å². The molecule has 1 heterocycles. The third-order valence-corrected chi connectivity index (χ3v) is 3.59. The minimum absolute atomic E-state index is 0.254. The number of alkyl halides is 1. The molecular weight excluding hydrogens is 334 g/mol. The van der Waals surface area contributed by atoms with Gasteiger partial charge in [-0.15, -0.1) is 0 Å². The molecule has 0 fully saturated rings. The minimum atomic E-state index is 0.254. The summed E-state index contributed by atoms with van der Waals surface area (Å²) < 4.78 is 13.5. The van der Waals surface area contributed by atoms with E-state index in [2.05, 4.69) is 39.9 Å². The normalized spacial score (nSPS) is 10.9. The summed E-state index contributed by atoms with van der Waals surface area (Å²) in [6.07, 6.45) is 1.55. The molecule has 0 radical (unpaired) electrons. The second kappa shape index (κ2) is 7.45. The Kier molecular flexibility index (Phi) is 5.61. The summed E-state index contributed by atoms with van der Waals surface area (Å²) in [4.78, 5) is 4.26. The van der Waals surface area contributed by atoms with E-state index in [-0.39, 0.29) is 6.04 Å². The summed E-state index contributed by atoms with van der Waals surface area (Å²) in [6, 6.07) is 6.15. The maximum Gasteiger partial charge on any atom is 0.165 e. The number of halogens is 1. The van der Waals surface area contributed by atoms with Gasteiger partial charge < -0.3 is 9.47 Å². The first kappa shape index (κ1) is 15.8. The van der Waals surface area contributed by atoms with E-state index in [1.165, 1.54) is 0 Å². The molecule has 0 spiro atoms. The second-order valence-electron chi connectivity index (χ2n) is 4.81. The van der Waals surface area contributed by atoms with Gasteiger partial charge in [0.25, 0.3) is 0 Å². The fourth-order valence-corrected chi connectivity index (χ4v) is 2.49. The highest BCUT2D eigenvalue weighted by Crippen LogP contribution is 2.33. The Labute approximate surface area is 133 Å². The van der Waals surface area contributed by atoms with E-state index in [0.717, 1.165) is 22.9 Å². The van der Waals surface area contributed by atoms with Gasteiger partial charge in [-0.05, 0) is 26.8 Å². The van der Waals surface area contributed by atoms with Crippen molar-refractivity contribution >= 4 is 15.9 Å². The quantitative estimate of drug-likeness (QED) is 0.711. The Hall–Kier alpha value is -1.56. The summed E-state index contributed by atoms with van der Waals surface area (Å²) >= 11 is 3.48. The number of para-hydroxylation sites is 1. The molecule has 0 unspecified atom stereocenters. The summed E-state index contributed by atoms with van der Waals surface area (Å²) in [5, 5.41) is 4.92. The number of nitrogens with zero attached hydrogens (tertiary/aromatic N) is 3. The smallest absolute Gasteiger partial charge is 0.165 e. The Bertz CT molecular complexity index is 584. The highest BCUT2D eigenvalue weighted by Gasteiger charge is 2.13. The lowest BCUT2D eigenvalue weighted by atomic mass is 10.2. The summed E-state index contributed by atoms with van der Waals surface area (Å²) in [5.41, 5.74) is 1.05. The van der Waals surface area contributed by atoms with E-state index in [4.69, 9.17) is 9.47 Å². The van der Waals surface area contributed by atoms with Crippen LogP contribution in [0.4, 0.5) is 0 Å². The summed E-state index contributed by atoms with van der Waals surface area (Å²) in [5.74, 6) is 2.32. The number of ether oxygens (including phenoxy) is 2. The van der Waals surface area contributed by atoms with Crippen LogP contribution in [0.1, 0.15) is 38.2 Å². The number of benzene rings is 1. The number of rotatable bonds is 7. The van der Waals surface area contributed by atoms with Crippen molar-refractivity contribution in [2.45, 2.75) is 38.8 Å². The average Bonchev–Trinajstić information content (AvgIpc) is 2.94. The molecule has 0 bridgehead atoms. The lowest BCUT2D eigenvalue weighted by Gasteiger charge is -2.15. The zero-order chi connectivity index (χ0) is 15.2. The molecule has 21 heavy (non-hydrogen) atoms. The highest BCUT2D eigenvalue weighted by molar-refractivity contribution is 9.08. The van der Waals surface area contributed by atoms with Gasteiger partial charge in [0.05, 0.1) is 6.61 Å². The van der Waals surface area contributed by atoms with E-state index in [1.807, 2.05) is 29.8 Å². The highest BCUT2D eigenvalue weighted by atomic mass is 79.9. The molecule has 0 atom stereocenters. The molecule has 0 aliphatic rings. The van der Waals surface area contributed by atoms with Crippen LogP contribution in [0.25, 0.3) is 0 Å². The summed E-state index contributed by atoms with van der Waals surface area (Å²) in [7, 11) is 0. The van der Waals surface area contributed by atoms with Gasteiger partial charge in [-0.3, -0.25) is 0 Å². The molecule has 0 aliphatic carbocycles. The van der Waals surface area contributed by atoms with Gasteiger partial charge in [-0.25, -0.2) is 9.67 Å². The Morgan fingerprint density at radius 2 is 2.10 bits per heavy atom. The van der Waals surface area contributed by atoms with E-state index >= 15 is 0 Å². The third-order valence-electron chi connectivity index (χ3n) is 2.99. The van der Waals surface area contributed by atoms with Gasteiger partial charge in [0.15, 0.2) is 17.3 Å². The Morgan fingerprint density at radius 3 is 2.76 bits per heavy atom. The van der Waals surface area contributed by atoms with Gasteiger partial charge in [0.2, 0.25) is 0 Å². The second-order valence-corrected chi connectivity index (χ2v) is 5.38. The molecule has 0 N–H and O–H groups in total. The molecule has 0 saturated heterocycles. The molecule has 1 aromatic heterocycles. The standard InChI is InChI=1S/C15H20BrN3O2/c1-4-20-13-7-5-6-12(8-16)15(13)21-9-14-17-10-18-19(14)11(2)3/h5-7,10-11H,4,8-9H2,1-3H3. The summed E-state index contributed by atoms with van der Waals surface area (Å²) in [6.45, 7) is 7.05. The van der Waals surface area contributed by atoms with Crippen LogP contribution >= 0.6 is 15.9 Å². The lowest BCUT2D eigenvalue weighted by molar-refractivity contribution is 0.254. The maximum absolute atomic E-state index is 5.97. The molecular formula is C15H20BrN3O2. The van der Waals surface area contributed by atoms with Crippen molar-refractivity contribution in [2.24, 2.45) is 0 Å². The van der Waals surface area contributed by atoms with Crippen LogP contribution < -0.4 is 9.47 Å². The van der Waals surface area contributed by atoms with Gasteiger partial charge >= 0.3 is 0 Å². The van der Waals surface area contributed by atoms with Gasteiger partial charge in [-0.1, -0.05) is 28.1 Å².